The van der Waals surface area contributed by atoms with E-state index < -0.39 is 0 Å². The fourth-order valence-electron chi connectivity index (χ4n) is 3.17. The lowest BCUT2D eigenvalue weighted by molar-refractivity contribution is 0.113. The van der Waals surface area contributed by atoms with Crippen molar-refractivity contribution in [3.05, 3.63) is 0 Å². The topological polar surface area (TPSA) is 52.6 Å². The van der Waals surface area contributed by atoms with Gasteiger partial charge in [-0.1, -0.05) is 20.3 Å². The molecule has 0 aromatic carbocycles. The Hall–Kier alpha value is -0.770. The average molecular weight is 268 g/mol. The van der Waals surface area contributed by atoms with E-state index in [-0.39, 0.29) is 18.1 Å². The molecule has 2 saturated carbocycles. The molecule has 4 nitrogen and oxygen atoms in total. The van der Waals surface area contributed by atoms with Gasteiger partial charge in [0.1, 0.15) is 0 Å². The van der Waals surface area contributed by atoms with Gasteiger partial charge in [-0.05, 0) is 37.0 Å². The van der Waals surface area contributed by atoms with Crippen LogP contribution < -0.4 is 5.32 Å². The summed E-state index contributed by atoms with van der Waals surface area (Å²) in [6.07, 6.45) is 5.25. The van der Waals surface area contributed by atoms with Crippen molar-refractivity contribution >= 4 is 6.03 Å². The van der Waals surface area contributed by atoms with E-state index in [2.05, 4.69) is 19.2 Å². The van der Waals surface area contributed by atoms with Crippen LogP contribution in [0.3, 0.4) is 0 Å². The number of aliphatic hydroxyl groups is 1. The maximum absolute atomic E-state index is 12.1. The Morgan fingerprint density at radius 2 is 2.11 bits per heavy atom. The van der Waals surface area contributed by atoms with E-state index >= 15 is 0 Å². The average Bonchev–Trinajstić information content (AvgIpc) is 3.06. The number of amides is 2. The first-order valence-corrected chi connectivity index (χ1v) is 7.62. The summed E-state index contributed by atoms with van der Waals surface area (Å²) in [5.41, 5.74) is 0.351. The number of nitrogens with zero attached hydrogens (tertiary/aromatic N) is 1. The molecule has 2 rings (SSSR count). The zero-order valence-corrected chi connectivity index (χ0v) is 12.5. The molecule has 19 heavy (non-hydrogen) atoms. The first-order chi connectivity index (χ1) is 8.94. The first-order valence-electron chi connectivity index (χ1n) is 7.62. The standard InChI is InChI=1S/C15H28N2O2/c1-11(2)15(7-8-15)10-16-14(19)17(3)9-12-5-4-6-13(12)18/h11-13,18H,4-10H2,1-3H3,(H,16,19). The second-order valence-electron chi connectivity index (χ2n) is 6.81. The number of hydrogen-bond donors (Lipinski definition) is 2. The van der Waals surface area contributed by atoms with Crippen LogP contribution in [-0.2, 0) is 0 Å². The summed E-state index contributed by atoms with van der Waals surface area (Å²) in [6.45, 7) is 5.93. The third-order valence-corrected chi connectivity index (χ3v) is 5.18. The molecule has 0 heterocycles. The Morgan fingerprint density at radius 3 is 2.58 bits per heavy atom. The van der Waals surface area contributed by atoms with E-state index in [1.807, 2.05) is 7.05 Å². The van der Waals surface area contributed by atoms with Crippen molar-refractivity contribution in [1.29, 1.82) is 0 Å². The largest absolute Gasteiger partial charge is 0.393 e. The number of carbonyl (C=O) groups is 1. The van der Waals surface area contributed by atoms with Gasteiger partial charge in [0.2, 0.25) is 0 Å². The summed E-state index contributed by atoms with van der Waals surface area (Å²) in [4.78, 5) is 13.8. The van der Waals surface area contributed by atoms with Crippen LogP contribution in [0.4, 0.5) is 4.79 Å². The lowest BCUT2D eigenvalue weighted by atomic mass is 9.92. The molecule has 2 amide bonds. The van der Waals surface area contributed by atoms with Crippen LogP contribution in [0.25, 0.3) is 0 Å². The molecule has 2 unspecified atom stereocenters. The molecule has 2 atom stereocenters. The van der Waals surface area contributed by atoms with Crippen LogP contribution in [0, 0.1) is 17.3 Å². The predicted octanol–water partition coefficient (Wildman–Crippen LogP) is 2.23. The van der Waals surface area contributed by atoms with Crippen LogP contribution in [0.5, 0.6) is 0 Å². The molecule has 2 fully saturated rings. The Morgan fingerprint density at radius 1 is 1.42 bits per heavy atom. The molecular formula is C15H28N2O2. The number of rotatable bonds is 5. The minimum absolute atomic E-state index is 0.00558. The predicted molar refractivity (Wildman–Crippen MR) is 75.9 cm³/mol. The summed E-state index contributed by atoms with van der Waals surface area (Å²) < 4.78 is 0. The number of nitrogens with one attached hydrogen (secondary N) is 1. The van der Waals surface area contributed by atoms with Crippen LogP contribution in [-0.4, -0.2) is 42.3 Å². The van der Waals surface area contributed by atoms with Crippen molar-refractivity contribution < 1.29 is 9.90 Å². The Labute approximate surface area is 116 Å². The molecule has 2 N–H and O–H groups in total. The summed E-state index contributed by atoms with van der Waals surface area (Å²) in [5, 5.41) is 12.9. The van der Waals surface area contributed by atoms with Crippen LogP contribution in [0.1, 0.15) is 46.0 Å². The molecular weight excluding hydrogens is 240 g/mol. The van der Waals surface area contributed by atoms with Crippen molar-refractivity contribution in [2.75, 3.05) is 20.1 Å². The van der Waals surface area contributed by atoms with Gasteiger partial charge in [0.25, 0.3) is 0 Å². The normalized spacial score (nSPS) is 28.5. The SMILES string of the molecule is CC(C)C1(CNC(=O)N(C)CC2CCCC2O)CC1. The number of aliphatic hydroxyl groups excluding tert-OH is 1. The van der Waals surface area contributed by atoms with Gasteiger partial charge in [-0.15, -0.1) is 0 Å². The third-order valence-electron chi connectivity index (χ3n) is 5.18. The molecule has 0 aromatic rings. The van der Waals surface area contributed by atoms with Gasteiger partial charge < -0.3 is 15.3 Å². The first kappa shape index (κ1) is 14.6. The van der Waals surface area contributed by atoms with Gasteiger partial charge in [0.15, 0.2) is 0 Å². The lowest BCUT2D eigenvalue weighted by Gasteiger charge is -2.26. The summed E-state index contributed by atoms with van der Waals surface area (Å²) in [7, 11) is 1.83. The van der Waals surface area contributed by atoms with E-state index in [1.165, 1.54) is 12.8 Å². The highest BCUT2D eigenvalue weighted by atomic mass is 16.3. The highest BCUT2D eigenvalue weighted by molar-refractivity contribution is 5.73. The molecule has 0 spiro atoms. The minimum atomic E-state index is -0.222. The number of carbonyl (C=O) groups excluding carboxylic acids is 1. The molecule has 4 heteroatoms. The van der Waals surface area contributed by atoms with Crippen LogP contribution >= 0.6 is 0 Å². The van der Waals surface area contributed by atoms with Gasteiger partial charge >= 0.3 is 6.03 Å². The number of hydrogen-bond acceptors (Lipinski definition) is 2. The molecule has 0 radical (unpaired) electrons. The second kappa shape index (κ2) is 5.70. The summed E-state index contributed by atoms with van der Waals surface area (Å²) in [6, 6.07) is 0.00558. The van der Waals surface area contributed by atoms with Crippen molar-refractivity contribution in [3.63, 3.8) is 0 Å². The maximum atomic E-state index is 12.1. The molecule has 0 aromatic heterocycles. The highest BCUT2D eigenvalue weighted by Gasteiger charge is 2.45. The molecule has 2 aliphatic carbocycles. The van der Waals surface area contributed by atoms with Gasteiger partial charge in [-0.25, -0.2) is 4.79 Å². The maximum Gasteiger partial charge on any atom is 0.317 e. The van der Waals surface area contributed by atoms with Gasteiger partial charge in [-0.2, -0.15) is 0 Å². The quantitative estimate of drug-likeness (QED) is 0.803. The van der Waals surface area contributed by atoms with E-state index in [4.69, 9.17) is 0 Å². The zero-order chi connectivity index (χ0) is 14.0. The summed E-state index contributed by atoms with van der Waals surface area (Å²) in [5.74, 6) is 0.894. The number of urea groups is 1. The molecule has 0 saturated heterocycles. The van der Waals surface area contributed by atoms with Gasteiger partial charge in [0, 0.05) is 26.1 Å². The molecule has 2 aliphatic rings. The fourth-order valence-corrected chi connectivity index (χ4v) is 3.17. The van der Waals surface area contributed by atoms with Crippen molar-refractivity contribution in [2.45, 2.75) is 52.1 Å². The Balaban J connectivity index is 1.73. The smallest absolute Gasteiger partial charge is 0.317 e. The lowest BCUT2D eigenvalue weighted by Crippen LogP contribution is -2.43. The van der Waals surface area contributed by atoms with Crippen molar-refractivity contribution in [2.24, 2.45) is 17.3 Å². The summed E-state index contributed by atoms with van der Waals surface area (Å²) >= 11 is 0. The zero-order valence-electron chi connectivity index (χ0n) is 12.5. The van der Waals surface area contributed by atoms with Crippen molar-refractivity contribution in [1.82, 2.24) is 10.2 Å². The van der Waals surface area contributed by atoms with Gasteiger partial charge in [-0.3, -0.25) is 0 Å². The molecule has 0 bridgehead atoms. The van der Waals surface area contributed by atoms with Crippen LogP contribution in [0.15, 0.2) is 0 Å². The third kappa shape index (κ3) is 3.41. The van der Waals surface area contributed by atoms with E-state index in [9.17, 15) is 9.90 Å². The van der Waals surface area contributed by atoms with E-state index in [1.54, 1.807) is 4.90 Å². The molecule has 110 valence electrons. The van der Waals surface area contributed by atoms with E-state index in [0.29, 0.717) is 17.9 Å². The Kier molecular flexibility index (Phi) is 4.39. The minimum Gasteiger partial charge on any atom is -0.393 e. The van der Waals surface area contributed by atoms with Gasteiger partial charge in [0.05, 0.1) is 6.10 Å². The second-order valence-corrected chi connectivity index (χ2v) is 6.81. The monoisotopic (exact) mass is 268 g/mol. The van der Waals surface area contributed by atoms with Crippen molar-refractivity contribution in [3.8, 4) is 0 Å². The fraction of sp³-hybridized carbons (Fsp3) is 0.933. The Bertz CT molecular complexity index is 326. The highest BCUT2D eigenvalue weighted by Crippen LogP contribution is 2.51. The van der Waals surface area contributed by atoms with E-state index in [0.717, 1.165) is 25.8 Å². The van der Waals surface area contributed by atoms with Crippen LogP contribution in [0.2, 0.25) is 0 Å². The molecule has 0 aliphatic heterocycles.